The molecule has 0 saturated carbocycles. The van der Waals surface area contributed by atoms with Crippen molar-refractivity contribution < 1.29 is 14.3 Å². The maximum atomic E-state index is 10.8. The summed E-state index contributed by atoms with van der Waals surface area (Å²) >= 11 is 0. The molecule has 1 aromatic carbocycles. The number of rotatable bonds is 3. The average molecular weight is 267 g/mol. The smallest absolute Gasteiger partial charge is 0.335 e. The van der Waals surface area contributed by atoms with Crippen molar-refractivity contribution in [2.24, 2.45) is 0 Å². The first-order valence-corrected chi connectivity index (χ1v) is 5.81. The Kier molecular flexibility index (Phi) is 2.96. The summed E-state index contributed by atoms with van der Waals surface area (Å²) in [7, 11) is 0. The number of benzene rings is 1. The number of aromatic carboxylic acids is 1. The van der Waals surface area contributed by atoms with Gasteiger partial charge in [-0.3, -0.25) is 4.98 Å². The number of carboxylic acid groups (broad SMARTS) is 1. The Morgan fingerprint density at radius 2 is 1.70 bits per heavy atom. The van der Waals surface area contributed by atoms with Gasteiger partial charge in [0.25, 0.3) is 0 Å². The minimum atomic E-state index is -0.974. The Balaban J connectivity index is 1.92. The number of carbonyl (C=O) groups is 1. The van der Waals surface area contributed by atoms with Gasteiger partial charge in [0.15, 0.2) is 0 Å². The molecule has 0 aliphatic carbocycles. The van der Waals surface area contributed by atoms with Gasteiger partial charge in [0.2, 0.25) is 11.8 Å². The number of hydrogen-bond donors (Lipinski definition) is 1. The molecule has 0 aliphatic rings. The van der Waals surface area contributed by atoms with Crippen LogP contribution in [0.3, 0.4) is 0 Å². The van der Waals surface area contributed by atoms with Gasteiger partial charge in [-0.15, -0.1) is 10.2 Å². The average Bonchev–Trinajstić information content (AvgIpc) is 2.98. The van der Waals surface area contributed by atoms with Crippen LogP contribution >= 0.6 is 0 Å². The molecular formula is C14H9N3O3. The molecule has 0 spiro atoms. The van der Waals surface area contributed by atoms with E-state index in [4.69, 9.17) is 9.52 Å². The summed E-state index contributed by atoms with van der Waals surface area (Å²) in [5.41, 5.74) is 1.60. The topological polar surface area (TPSA) is 89.1 Å². The van der Waals surface area contributed by atoms with Gasteiger partial charge in [0.1, 0.15) is 0 Å². The molecule has 20 heavy (non-hydrogen) atoms. The maximum Gasteiger partial charge on any atom is 0.335 e. The van der Waals surface area contributed by atoms with Crippen molar-refractivity contribution in [2.75, 3.05) is 0 Å². The van der Waals surface area contributed by atoms with Crippen LogP contribution in [0, 0.1) is 0 Å². The number of aromatic nitrogens is 3. The van der Waals surface area contributed by atoms with Crippen LogP contribution in [0.2, 0.25) is 0 Å². The molecule has 2 heterocycles. The van der Waals surface area contributed by atoms with Crippen LogP contribution < -0.4 is 0 Å². The van der Waals surface area contributed by atoms with Gasteiger partial charge in [0.05, 0.1) is 11.1 Å². The second-order valence-corrected chi connectivity index (χ2v) is 4.04. The van der Waals surface area contributed by atoms with E-state index in [9.17, 15) is 4.79 Å². The fraction of sp³-hybridized carbons (Fsp3) is 0. The summed E-state index contributed by atoms with van der Waals surface area (Å²) < 4.78 is 5.55. The summed E-state index contributed by atoms with van der Waals surface area (Å²) in [6.45, 7) is 0. The van der Waals surface area contributed by atoms with Crippen molar-refractivity contribution in [3.05, 3.63) is 54.4 Å². The summed E-state index contributed by atoms with van der Waals surface area (Å²) in [5.74, 6) is -0.269. The van der Waals surface area contributed by atoms with Crippen molar-refractivity contribution in [1.29, 1.82) is 0 Å². The highest BCUT2D eigenvalue weighted by Crippen LogP contribution is 2.23. The van der Waals surface area contributed by atoms with Crippen LogP contribution in [-0.2, 0) is 0 Å². The van der Waals surface area contributed by atoms with E-state index in [-0.39, 0.29) is 5.56 Å². The highest BCUT2D eigenvalue weighted by molar-refractivity contribution is 5.88. The maximum absolute atomic E-state index is 10.8. The van der Waals surface area contributed by atoms with E-state index in [1.54, 1.807) is 30.6 Å². The Labute approximate surface area is 113 Å². The van der Waals surface area contributed by atoms with Gasteiger partial charge in [-0.2, -0.15) is 0 Å². The lowest BCUT2D eigenvalue weighted by atomic mass is 10.1. The second-order valence-electron chi connectivity index (χ2n) is 4.04. The van der Waals surface area contributed by atoms with Crippen molar-refractivity contribution in [1.82, 2.24) is 15.2 Å². The molecule has 3 rings (SSSR count). The van der Waals surface area contributed by atoms with Gasteiger partial charge < -0.3 is 9.52 Å². The van der Waals surface area contributed by atoms with Crippen LogP contribution in [0.4, 0.5) is 0 Å². The summed E-state index contributed by atoms with van der Waals surface area (Å²) in [6.07, 6.45) is 3.29. The fourth-order valence-corrected chi connectivity index (χ4v) is 1.70. The Hall–Kier alpha value is -3.02. The van der Waals surface area contributed by atoms with Crippen molar-refractivity contribution in [3.63, 3.8) is 0 Å². The van der Waals surface area contributed by atoms with E-state index in [1.807, 2.05) is 6.07 Å². The predicted molar refractivity (Wildman–Crippen MR) is 69.9 cm³/mol. The lowest BCUT2D eigenvalue weighted by Crippen LogP contribution is -1.94. The van der Waals surface area contributed by atoms with Gasteiger partial charge in [-0.05, 0) is 36.4 Å². The quantitative estimate of drug-likeness (QED) is 0.784. The molecule has 0 unspecified atom stereocenters. The largest absolute Gasteiger partial charge is 0.478 e. The molecule has 0 amide bonds. The molecular weight excluding hydrogens is 258 g/mol. The Morgan fingerprint density at radius 1 is 1.00 bits per heavy atom. The molecule has 0 bridgehead atoms. The number of carboxylic acids is 1. The lowest BCUT2D eigenvalue weighted by molar-refractivity contribution is 0.0697. The second kappa shape index (κ2) is 4.93. The van der Waals surface area contributed by atoms with Crippen molar-refractivity contribution >= 4 is 5.97 Å². The van der Waals surface area contributed by atoms with E-state index in [1.165, 1.54) is 12.1 Å². The third-order valence-electron chi connectivity index (χ3n) is 2.71. The van der Waals surface area contributed by atoms with E-state index < -0.39 is 5.97 Å². The highest BCUT2D eigenvalue weighted by Gasteiger charge is 2.11. The zero-order valence-electron chi connectivity index (χ0n) is 10.2. The Bertz CT molecular complexity index is 736. The number of pyridine rings is 1. The van der Waals surface area contributed by atoms with E-state index in [0.29, 0.717) is 17.3 Å². The molecule has 2 aromatic heterocycles. The zero-order chi connectivity index (χ0) is 13.9. The van der Waals surface area contributed by atoms with Crippen molar-refractivity contribution in [2.45, 2.75) is 0 Å². The first kappa shape index (κ1) is 12.0. The molecule has 3 aromatic rings. The van der Waals surface area contributed by atoms with Crippen LogP contribution in [0.15, 0.2) is 53.2 Å². The zero-order valence-corrected chi connectivity index (χ0v) is 10.2. The standard InChI is InChI=1S/C14H9N3O3/c18-14(19)10-5-3-9(4-6-10)12-16-17-13(20-12)11-2-1-7-15-8-11/h1-8H,(H,18,19). The summed E-state index contributed by atoms with van der Waals surface area (Å²) in [5, 5.41) is 16.7. The third-order valence-corrected chi connectivity index (χ3v) is 2.71. The van der Waals surface area contributed by atoms with Crippen LogP contribution in [-0.4, -0.2) is 26.3 Å². The Morgan fingerprint density at radius 3 is 2.30 bits per heavy atom. The van der Waals surface area contributed by atoms with Crippen LogP contribution in [0.1, 0.15) is 10.4 Å². The third kappa shape index (κ3) is 2.26. The molecule has 1 N–H and O–H groups in total. The summed E-state index contributed by atoms with van der Waals surface area (Å²) in [6, 6.07) is 9.84. The highest BCUT2D eigenvalue weighted by atomic mass is 16.4. The minimum Gasteiger partial charge on any atom is -0.478 e. The van der Waals surface area contributed by atoms with Gasteiger partial charge in [-0.1, -0.05) is 0 Å². The molecule has 6 heteroatoms. The number of nitrogens with zero attached hydrogens (tertiary/aromatic N) is 3. The van der Waals surface area contributed by atoms with Gasteiger partial charge in [0, 0.05) is 18.0 Å². The minimum absolute atomic E-state index is 0.209. The van der Waals surface area contributed by atoms with Crippen molar-refractivity contribution in [3.8, 4) is 22.9 Å². The molecule has 0 aliphatic heterocycles. The van der Waals surface area contributed by atoms with E-state index >= 15 is 0 Å². The van der Waals surface area contributed by atoms with Gasteiger partial charge in [-0.25, -0.2) is 4.79 Å². The van der Waals surface area contributed by atoms with E-state index in [2.05, 4.69) is 15.2 Å². The molecule has 0 saturated heterocycles. The van der Waals surface area contributed by atoms with Gasteiger partial charge >= 0.3 is 5.97 Å². The first-order chi connectivity index (χ1) is 9.74. The lowest BCUT2D eigenvalue weighted by Gasteiger charge is -1.96. The molecule has 98 valence electrons. The predicted octanol–water partition coefficient (Wildman–Crippen LogP) is 2.50. The molecule has 0 atom stereocenters. The number of hydrogen-bond acceptors (Lipinski definition) is 5. The molecule has 0 fully saturated rings. The monoisotopic (exact) mass is 267 g/mol. The normalized spacial score (nSPS) is 10.4. The van der Waals surface area contributed by atoms with E-state index in [0.717, 1.165) is 5.56 Å². The fourth-order valence-electron chi connectivity index (χ4n) is 1.70. The molecule has 0 radical (unpaired) electrons. The SMILES string of the molecule is O=C(O)c1ccc(-c2nnc(-c3cccnc3)o2)cc1. The summed E-state index contributed by atoms with van der Waals surface area (Å²) in [4.78, 5) is 14.8. The molecule has 6 nitrogen and oxygen atoms in total. The van der Waals surface area contributed by atoms with Crippen LogP contribution in [0.5, 0.6) is 0 Å². The van der Waals surface area contributed by atoms with Crippen LogP contribution in [0.25, 0.3) is 22.9 Å². The first-order valence-electron chi connectivity index (χ1n) is 5.81.